The zero-order valence-corrected chi connectivity index (χ0v) is 17.2. The van der Waals surface area contributed by atoms with Gasteiger partial charge in [0.2, 0.25) is 11.8 Å². The first-order valence-electron chi connectivity index (χ1n) is 10.6. The Kier molecular flexibility index (Phi) is 6.60. The lowest BCUT2D eigenvalue weighted by molar-refractivity contribution is -0.128. The van der Waals surface area contributed by atoms with Gasteiger partial charge in [0.25, 0.3) is 0 Å². The summed E-state index contributed by atoms with van der Waals surface area (Å²) < 4.78 is 0. The van der Waals surface area contributed by atoms with Crippen LogP contribution in [-0.2, 0) is 9.59 Å². The smallest absolute Gasteiger partial charge is 0.226 e. The van der Waals surface area contributed by atoms with Crippen molar-refractivity contribution in [2.24, 2.45) is 11.7 Å². The quantitative estimate of drug-likeness (QED) is 0.701. The average Bonchev–Trinajstić information content (AvgIpc) is 3.15. The average molecular weight is 387 g/mol. The number of anilines is 2. The summed E-state index contributed by atoms with van der Waals surface area (Å²) in [6, 6.07) is 7.75. The van der Waals surface area contributed by atoms with E-state index < -0.39 is 5.54 Å². The Balaban J connectivity index is 1.50. The molecule has 1 heterocycles. The van der Waals surface area contributed by atoms with Gasteiger partial charge < -0.3 is 21.3 Å². The van der Waals surface area contributed by atoms with Gasteiger partial charge in [-0.3, -0.25) is 9.59 Å². The van der Waals surface area contributed by atoms with Crippen LogP contribution < -0.4 is 21.3 Å². The fourth-order valence-electron chi connectivity index (χ4n) is 4.43. The minimum atomic E-state index is -0.458. The minimum Gasteiger partial charge on any atom is -0.371 e. The predicted octanol–water partition coefficient (Wildman–Crippen LogP) is 3.03. The fourth-order valence-corrected chi connectivity index (χ4v) is 4.43. The molecule has 4 N–H and O–H groups in total. The number of amides is 2. The van der Waals surface area contributed by atoms with Crippen LogP contribution in [0, 0.1) is 5.92 Å². The monoisotopic (exact) mass is 386 g/mol. The molecule has 154 valence electrons. The molecule has 6 heteroatoms. The molecule has 3 unspecified atom stereocenters. The summed E-state index contributed by atoms with van der Waals surface area (Å²) in [7, 11) is 0. The molecule has 3 atom stereocenters. The summed E-state index contributed by atoms with van der Waals surface area (Å²) in [6.07, 6.45) is 6.48. The van der Waals surface area contributed by atoms with E-state index >= 15 is 0 Å². The van der Waals surface area contributed by atoms with Crippen molar-refractivity contribution in [2.75, 3.05) is 23.3 Å². The van der Waals surface area contributed by atoms with Crippen molar-refractivity contribution in [1.82, 2.24) is 5.32 Å². The molecule has 1 aromatic carbocycles. The molecule has 28 heavy (non-hydrogen) atoms. The van der Waals surface area contributed by atoms with Gasteiger partial charge in [0.05, 0.1) is 5.92 Å². The number of benzene rings is 1. The van der Waals surface area contributed by atoms with E-state index in [0.717, 1.165) is 50.1 Å². The molecule has 0 radical (unpaired) electrons. The second-order valence-corrected chi connectivity index (χ2v) is 8.71. The van der Waals surface area contributed by atoms with Crippen LogP contribution in [0.3, 0.4) is 0 Å². The van der Waals surface area contributed by atoms with Gasteiger partial charge in [-0.15, -0.1) is 0 Å². The highest BCUT2D eigenvalue weighted by atomic mass is 16.2. The lowest BCUT2D eigenvalue weighted by Gasteiger charge is -2.37. The number of nitrogens with zero attached hydrogens (tertiary/aromatic N) is 1. The van der Waals surface area contributed by atoms with E-state index in [0.29, 0.717) is 0 Å². The number of carbonyl (C=O) groups is 2. The molecular formula is C22H34N4O2. The van der Waals surface area contributed by atoms with Crippen molar-refractivity contribution in [1.29, 1.82) is 0 Å². The molecule has 0 spiro atoms. The van der Waals surface area contributed by atoms with Gasteiger partial charge in [0, 0.05) is 42.5 Å². The standard InChI is InChI=1S/C22H34N4O2/c1-16(24-21(28)19-10-3-4-11-22(19,2)23)14-20(27)25-17-8-7-9-18(15-17)26-12-5-6-13-26/h7-9,15-16,19H,3-6,10-14,23H2,1-2H3,(H,24,28)(H,25,27). The van der Waals surface area contributed by atoms with E-state index in [2.05, 4.69) is 21.6 Å². The van der Waals surface area contributed by atoms with E-state index in [1.165, 1.54) is 12.8 Å². The first kappa shape index (κ1) is 20.6. The third-order valence-electron chi connectivity index (χ3n) is 6.05. The SMILES string of the molecule is CC(CC(=O)Nc1cccc(N2CCCC2)c1)NC(=O)C1CCCCC1(C)N. The summed E-state index contributed by atoms with van der Waals surface area (Å²) in [5.74, 6) is -0.296. The van der Waals surface area contributed by atoms with E-state index in [9.17, 15) is 9.59 Å². The van der Waals surface area contributed by atoms with Crippen LogP contribution in [0.2, 0.25) is 0 Å². The summed E-state index contributed by atoms with van der Waals surface area (Å²) >= 11 is 0. The first-order chi connectivity index (χ1) is 13.3. The molecule has 1 saturated carbocycles. The molecule has 2 fully saturated rings. The zero-order valence-electron chi connectivity index (χ0n) is 17.2. The second kappa shape index (κ2) is 8.95. The van der Waals surface area contributed by atoms with Gasteiger partial charge in [-0.05, 0) is 57.7 Å². The predicted molar refractivity (Wildman–Crippen MR) is 113 cm³/mol. The molecule has 1 aliphatic carbocycles. The molecular weight excluding hydrogens is 352 g/mol. The van der Waals surface area contributed by atoms with E-state index in [4.69, 9.17) is 5.73 Å². The molecule has 1 saturated heterocycles. The van der Waals surface area contributed by atoms with Gasteiger partial charge in [0.1, 0.15) is 0 Å². The first-order valence-corrected chi connectivity index (χ1v) is 10.6. The van der Waals surface area contributed by atoms with Crippen molar-refractivity contribution in [3.05, 3.63) is 24.3 Å². The Labute approximate surface area is 168 Å². The van der Waals surface area contributed by atoms with Crippen LogP contribution in [0.15, 0.2) is 24.3 Å². The molecule has 2 aliphatic rings. The summed E-state index contributed by atoms with van der Waals surface area (Å²) in [5, 5.41) is 5.95. The van der Waals surface area contributed by atoms with Gasteiger partial charge >= 0.3 is 0 Å². The highest BCUT2D eigenvalue weighted by Crippen LogP contribution is 2.31. The van der Waals surface area contributed by atoms with E-state index in [-0.39, 0.29) is 30.2 Å². The number of hydrogen-bond donors (Lipinski definition) is 3. The Morgan fingerprint density at radius 1 is 1.25 bits per heavy atom. The van der Waals surface area contributed by atoms with Crippen LogP contribution in [0.1, 0.15) is 58.8 Å². The zero-order chi connectivity index (χ0) is 20.1. The van der Waals surface area contributed by atoms with Gasteiger partial charge in [-0.1, -0.05) is 18.9 Å². The normalized spacial score (nSPS) is 26.0. The summed E-state index contributed by atoms with van der Waals surface area (Å²) in [5.41, 5.74) is 7.82. The Bertz CT molecular complexity index is 698. The molecule has 3 rings (SSSR count). The van der Waals surface area contributed by atoms with E-state index in [1.54, 1.807) is 0 Å². The van der Waals surface area contributed by atoms with Crippen molar-refractivity contribution < 1.29 is 9.59 Å². The third kappa shape index (κ3) is 5.25. The van der Waals surface area contributed by atoms with Crippen LogP contribution >= 0.6 is 0 Å². The lowest BCUT2D eigenvalue weighted by atomic mass is 9.74. The maximum atomic E-state index is 12.6. The number of carbonyl (C=O) groups excluding carboxylic acids is 2. The fraction of sp³-hybridized carbons (Fsp3) is 0.636. The van der Waals surface area contributed by atoms with Crippen molar-refractivity contribution >= 4 is 23.2 Å². The molecule has 2 amide bonds. The Hall–Kier alpha value is -2.08. The van der Waals surface area contributed by atoms with Gasteiger partial charge in [-0.2, -0.15) is 0 Å². The molecule has 1 aromatic rings. The van der Waals surface area contributed by atoms with Crippen molar-refractivity contribution in [3.8, 4) is 0 Å². The van der Waals surface area contributed by atoms with Crippen molar-refractivity contribution in [3.63, 3.8) is 0 Å². The molecule has 0 aromatic heterocycles. The van der Waals surface area contributed by atoms with Crippen LogP contribution in [0.25, 0.3) is 0 Å². The van der Waals surface area contributed by atoms with Crippen LogP contribution in [-0.4, -0.2) is 36.5 Å². The highest BCUT2D eigenvalue weighted by molar-refractivity contribution is 5.92. The maximum Gasteiger partial charge on any atom is 0.226 e. The summed E-state index contributed by atoms with van der Waals surface area (Å²) in [4.78, 5) is 27.4. The lowest BCUT2D eigenvalue weighted by Crippen LogP contribution is -2.54. The molecule has 6 nitrogen and oxygen atoms in total. The molecule has 0 bridgehead atoms. The topological polar surface area (TPSA) is 87.5 Å². The molecule has 1 aliphatic heterocycles. The Morgan fingerprint density at radius 3 is 2.71 bits per heavy atom. The number of rotatable bonds is 6. The maximum absolute atomic E-state index is 12.6. The van der Waals surface area contributed by atoms with Crippen LogP contribution in [0.4, 0.5) is 11.4 Å². The number of nitrogens with one attached hydrogen (secondary N) is 2. The largest absolute Gasteiger partial charge is 0.371 e. The Morgan fingerprint density at radius 2 is 2.00 bits per heavy atom. The number of nitrogens with two attached hydrogens (primary N) is 1. The number of hydrogen-bond acceptors (Lipinski definition) is 4. The van der Waals surface area contributed by atoms with Crippen molar-refractivity contribution in [2.45, 2.75) is 70.4 Å². The second-order valence-electron chi connectivity index (χ2n) is 8.71. The third-order valence-corrected chi connectivity index (χ3v) is 6.05. The van der Waals surface area contributed by atoms with E-state index in [1.807, 2.05) is 32.0 Å². The van der Waals surface area contributed by atoms with Gasteiger partial charge in [0.15, 0.2) is 0 Å². The summed E-state index contributed by atoms with van der Waals surface area (Å²) in [6.45, 7) is 5.97. The van der Waals surface area contributed by atoms with Crippen LogP contribution in [0.5, 0.6) is 0 Å². The minimum absolute atomic E-state index is 0.0268. The van der Waals surface area contributed by atoms with Gasteiger partial charge in [-0.25, -0.2) is 0 Å². The highest BCUT2D eigenvalue weighted by Gasteiger charge is 2.38.